The molecule has 0 aliphatic carbocycles. The van der Waals surface area contributed by atoms with E-state index in [-0.39, 0.29) is 12.0 Å². The Balaban J connectivity index is 2.05. The third kappa shape index (κ3) is 3.04. The van der Waals surface area contributed by atoms with Crippen molar-refractivity contribution in [1.82, 2.24) is 9.97 Å². The number of aliphatic hydroxyl groups excluding tert-OH is 1. The van der Waals surface area contributed by atoms with Gasteiger partial charge in [0, 0.05) is 35.5 Å². The molecule has 5 heteroatoms. The molecule has 1 saturated heterocycles. The summed E-state index contributed by atoms with van der Waals surface area (Å²) in [6.45, 7) is 6.52. The maximum atomic E-state index is 9.58. The highest BCUT2D eigenvalue weighted by Crippen LogP contribution is 2.36. The van der Waals surface area contributed by atoms with Gasteiger partial charge in [-0.2, -0.15) is 0 Å². The molecule has 1 aliphatic rings. The lowest BCUT2D eigenvalue weighted by atomic mass is 9.79. The van der Waals surface area contributed by atoms with Crippen LogP contribution in [0.3, 0.4) is 0 Å². The van der Waals surface area contributed by atoms with Gasteiger partial charge in [-0.05, 0) is 30.0 Å². The Morgan fingerprint density at radius 2 is 2.19 bits per heavy atom. The molecule has 0 bridgehead atoms. The molecule has 2 heterocycles. The molecule has 1 atom stereocenters. The highest BCUT2D eigenvalue weighted by molar-refractivity contribution is 9.10. The number of piperidine rings is 1. The van der Waals surface area contributed by atoms with Crippen molar-refractivity contribution < 1.29 is 5.11 Å². The number of halogens is 1. The van der Waals surface area contributed by atoms with E-state index in [1.807, 2.05) is 12.1 Å². The van der Waals surface area contributed by atoms with Crippen LogP contribution in [0.25, 0.3) is 10.9 Å². The highest BCUT2D eigenvalue weighted by atomic mass is 79.9. The molecule has 112 valence electrons. The lowest BCUT2D eigenvalue weighted by Crippen LogP contribution is -2.46. The third-order valence-electron chi connectivity index (χ3n) is 4.07. The number of hydrogen-bond acceptors (Lipinski definition) is 4. The van der Waals surface area contributed by atoms with E-state index in [0.29, 0.717) is 5.92 Å². The monoisotopic (exact) mass is 349 g/mol. The summed E-state index contributed by atoms with van der Waals surface area (Å²) in [7, 11) is 0. The SMILES string of the molecule is CC1(C)CC(CO)CN(c2ncnc3ccc(Br)cc23)C1. The molecule has 1 unspecified atom stereocenters. The Kier molecular flexibility index (Phi) is 3.88. The molecular formula is C16H20BrN3O. The summed E-state index contributed by atoms with van der Waals surface area (Å²) in [5.74, 6) is 1.26. The second-order valence-corrected chi connectivity index (χ2v) is 7.57. The summed E-state index contributed by atoms with van der Waals surface area (Å²) in [5, 5.41) is 10.6. The van der Waals surface area contributed by atoms with Crippen molar-refractivity contribution in [1.29, 1.82) is 0 Å². The lowest BCUT2D eigenvalue weighted by Gasteiger charge is -2.42. The number of aromatic nitrogens is 2. The Hall–Kier alpha value is -1.20. The van der Waals surface area contributed by atoms with Crippen molar-refractivity contribution >= 4 is 32.7 Å². The zero-order valence-electron chi connectivity index (χ0n) is 12.4. The first kappa shape index (κ1) is 14.7. The van der Waals surface area contributed by atoms with Crippen molar-refractivity contribution in [2.75, 3.05) is 24.6 Å². The standard InChI is InChI=1S/C16H20BrN3O/c1-16(2)6-11(8-21)7-20(9-16)15-13-5-12(17)3-4-14(13)18-10-19-15/h3-5,10-11,21H,6-9H2,1-2H3. The number of rotatable bonds is 2. The molecule has 1 fully saturated rings. The van der Waals surface area contributed by atoms with Crippen molar-refractivity contribution in [2.45, 2.75) is 20.3 Å². The Labute approximate surface area is 133 Å². The van der Waals surface area contributed by atoms with Gasteiger partial charge in [-0.3, -0.25) is 0 Å². The van der Waals surface area contributed by atoms with Gasteiger partial charge < -0.3 is 10.0 Å². The fraction of sp³-hybridized carbons (Fsp3) is 0.500. The molecule has 2 aromatic rings. The molecule has 3 rings (SSSR count). The third-order valence-corrected chi connectivity index (χ3v) is 4.57. The smallest absolute Gasteiger partial charge is 0.139 e. The summed E-state index contributed by atoms with van der Waals surface area (Å²) in [6, 6.07) is 6.07. The van der Waals surface area contributed by atoms with Gasteiger partial charge in [-0.25, -0.2) is 9.97 Å². The van der Waals surface area contributed by atoms with Crippen molar-refractivity contribution in [3.05, 3.63) is 29.0 Å². The van der Waals surface area contributed by atoms with Gasteiger partial charge >= 0.3 is 0 Å². The zero-order valence-corrected chi connectivity index (χ0v) is 14.0. The number of benzene rings is 1. The quantitative estimate of drug-likeness (QED) is 0.904. The van der Waals surface area contributed by atoms with Crippen LogP contribution >= 0.6 is 15.9 Å². The molecular weight excluding hydrogens is 330 g/mol. The van der Waals surface area contributed by atoms with E-state index in [4.69, 9.17) is 0 Å². The second-order valence-electron chi connectivity index (χ2n) is 6.66. The van der Waals surface area contributed by atoms with Crippen molar-refractivity contribution in [3.8, 4) is 0 Å². The molecule has 1 aromatic heterocycles. The van der Waals surface area contributed by atoms with E-state index >= 15 is 0 Å². The minimum absolute atomic E-state index is 0.176. The van der Waals surface area contributed by atoms with Crippen molar-refractivity contribution in [3.63, 3.8) is 0 Å². The molecule has 1 aliphatic heterocycles. The fourth-order valence-electron chi connectivity index (χ4n) is 3.35. The maximum absolute atomic E-state index is 9.58. The summed E-state index contributed by atoms with van der Waals surface area (Å²) < 4.78 is 1.03. The van der Waals surface area contributed by atoms with Crippen LogP contribution < -0.4 is 4.90 Å². The second kappa shape index (κ2) is 5.54. The van der Waals surface area contributed by atoms with Crippen LogP contribution in [0.2, 0.25) is 0 Å². The van der Waals surface area contributed by atoms with Crippen LogP contribution in [-0.4, -0.2) is 34.8 Å². The van der Waals surface area contributed by atoms with E-state index in [2.05, 4.69) is 50.7 Å². The average Bonchev–Trinajstić information content (AvgIpc) is 2.44. The van der Waals surface area contributed by atoms with E-state index in [0.717, 1.165) is 40.7 Å². The molecule has 4 nitrogen and oxygen atoms in total. The Morgan fingerprint density at radius 3 is 2.95 bits per heavy atom. The number of hydrogen-bond donors (Lipinski definition) is 1. The predicted molar refractivity (Wildman–Crippen MR) is 88.4 cm³/mol. The first-order valence-electron chi connectivity index (χ1n) is 7.24. The summed E-state index contributed by atoms with van der Waals surface area (Å²) in [5.41, 5.74) is 1.13. The largest absolute Gasteiger partial charge is 0.396 e. The fourth-order valence-corrected chi connectivity index (χ4v) is 3.72. The van der Waals surface area contributed by atoms with Gasteiger partial charge in [0.2, 0.25) is 0 Å². The van der Waals surface area contributed by atoms with Gasteiger partial charge in [0.1, 0.15) is 12.1 Å². The number of fused-ring (bicyclic) bond motifs is 1. The lowest BCUT2D eigenvalue weighted by molar-refractivity contribution is 0.149. The van der Waals surface area contributed by atoms with Crippen LogP contribution in [0.1, 0.15) is 20.3 Å². The topological polar surface area (TPSA) is 49.2 Å². The van der Waals surface area contributed by atoms with Crippen molar-refractivity contribution in [2.24, 2.45) is 11.3 Å². The van der Waals surface area contributed by atoms with Gasteiger partial charge in [-0.1, -0.05) is 29.8 Å². The minimum atomic E-state index is 0.176. The van der Waals surface area contributed by atoms with Gasteiger partial charge in [0.15, 0.2) is 0 Å². The summed E-state index contributed by atoms with van der Waals surface area (Å²) in [6.07, 6.45) is 2.67. The van der Waals surface area contributed by atoms with Crippen LogP contribution in [0, 0.1) is 11.3 Å². The Bertz CT molecular complexity index is 659. The number of nitrogens with zero attached hydrogens (tertiary/aromatic N) is 3. The first-order valence-corrected chi connectivity index (χ1v) is 8.04. The maximum Gasteiger partial charge on any atom is 0.139 e. The summed E-state index contributed by atoms with van der Waals surface area (Å²) in [4.78, 5) is 11.2. The van der Waals surface area contributed by atoms with E-state index in [1.54, 1.807) is 6.33 Å². The minimum Gasteiger partial charge on any atom is -0.396 e. The Morgan fingerprint density at radius 1 is 1.38 bits per heavy atom. The van der Waals surface area contributed by atoms with Gasteiger partial charge in [0.25, 0.3) is 0 Å². The molecule has 0 saturated carbocycles. The normalized spacial score (nSPS) is 21.7. The molecule has 0 amide bonds. The van der Waals surface area contributed by atoms with E-state index in [9.17, 15) is 5.11 Å². The predicted octanol–water partition coefficient (Wildman–Crippen LogP) is 3.24. The van der Waals surface area contributed by atoms with Gasteiger partial charge in [-0.15, -0.1) is 0 Å². The highest BCUT2D eigenvalue weighted by Gasteiger charge is 2.33. The molecule has 21 heavy (non-hydrogen) atoms. The first-order chi connectivity index (χ1) is 9.98. The van der Waals surface area contributed by atoms with Crippen LogP contribution in [0.5, 0.6) is 0 Å². The van der Waals surface area contributed by atoms with Crippen LogP contribution in [0.4, 0.5) is 5.82 Å². The van der Waals surface area contributed by atoms with E-state index < -0.39 is 0 Å². The van der Waals surface area contributed by atoms with Crippen LogP contribution in [0.15, 0.2) is 29.0 Å². The molecule has 1 N–H and O–H groups in total. The molecule has 0 spiro atoms. The number of aliphatic hydroxyl groups is 1. The molecule has 0 radical (unpaired) electrons. The molecule has 1 aromatic carbocycles. The average molecular weight is 350 g/mol. The number of anilines is 1. The zero-order chi connectivity index (χ0) is 15.0. The van der Waals surface area contributed by atoms with Gasteiger partial charge in [0.05, 0.1) is 5.52 Å². The summed E-state index contributed by atoms with van der Waals surface area (Å²) >= 11 is 3.52. The van der Waals surface area contributed by atoms with E-state index in [1.165, 1.54) is 0 Å². The van der Waals surface area contributed by atoms with Crippen LogP contribution in [-0.2, 0) is 0 Å².